The molecule has 0 bridgehead atoms. The summed E-state index contributed by atoms with van der Waals surface area (Å²) in [5, 5.41) is 15.5. The largest absolute Gasteiger partial charge is 0.381 e. The molecule has 0 aromatic carbocycles. The van der Waals surface area contributed by atoms with E-state index in [4.69, 9.17) is 11.0 Å². The topological polar surface area (TPSA) is 133 Å². The van der Waals surface area contributed by atoms with E-state index in [-0.39, 0.29) is 6.04 Å². The fourth-order valence-corrected chi connectivity index (χ4v) is 3.52. The monoisotopic (exact) mass is 414 g/mol. The van der Waals surface area contributed by atoms with Crippen molar-refractivity contribution in [2.24, 2.45) is 5.73 Å². The van der Waals surface area contributed by atoms with Crippen LogP contribution in [0.1, 0.15) is 28.8 Å². The molecule has 0 radical (unpaired) electrons. The molecule has 0 aliphatic carbocycles. The summed E-state index contributed by atoms with van der Waals surface area (Å²) < 4.78 is 0. The van der Waals surface area contributed by atoms with Gasteiger partial charge in [0.15, 0.2) is 0 Å². The minimum absolute atomic E-state index is 0.179. The van der Waals surface area contributed by atoms with Crippen molar-refractivity contribution in [2.75, 3.05) is 28.6 Å². The molecule has 4 heterocycles. The van der Waals surface area contributed by atoms with Crippen LogP contribution in [-0.2, 0) is 0 Å². The number of carbonyl (C=O) groups is 1. The highest BCUT2D eigenvalue weighted by Crippen LogP contribution is 2.25. The predicted octanol–water partition coefficient (Wildman–Crippen LogP) is 2.67. The summed E-state index contributed by atoms with van der Waals surface area (Å²) in [5.41, 5.74) is 7.10. The van der Waals surface area contributed by atoms with Gasteiger partial charge in [-0.2, -0.15) is 5.26 Å². The van der Waals surface area contributed by atoms with Crippen LogP contribution in [0.5, 0.6) is 0 Å². The fourth-order valence-electron chi connectivity index (χ4n) is 3.52. The van der Waals surface area contributed by atoms with Crippen molar-refractivity contribution in [3.63, 3.8) is 0 Å². The van der Waals surface area contributed by atoms with E-state index >= 15 is 0 Å². The highest BCUT2D eigenvalue weighted by molar-refractivity contribution is 5.98. The van der Waals surface area contributed by atoms with E-state index in [0.717, 1.165) is 31.7 Å². The molecule has 156 valence electrons. The summed E-state index contributed by atoms with van der Waals surface area (Å²) in [5.74, 6) is 1.57. The Balaban J connectivity index is 1.43. The number of aromatic nitrogens is 3. The third kappa shape index (κ3) is 4.87. The van der Waals surface area contributed by atoms with Crippen molar-refractivity contribution in [2.45, 2.75) is 18.9 Å². The Kier molecular flexibility index (Phi) is 5.89. The minimum atomic E-state index is -0.529. The van der Waals surface area contributed by atoms with Crippen LogP contribution in [0.15, 0.2) is 55.0 Å². The molecule has 0 saturated carbocycles. The lowest BCUT2D eigenvalue weighted by Crippen LogP contribution is -2.39. The normalized spacial score (nSPS) is 14.0. The third-order valence-corrected chi connectivity index (χ3v) is 5.15. The number of hydrogen-bond acceptors (Lipinski definition) is 8. The third-order valence-electron chi connectivity index (χ3n) is 5.15. The molecule has 3 aromatic heterocycles. The van der Waals surface area contributed by atoms with Gasteiger partial charge in [0.1, 0.15) is 23.5 Å². The summed E-state index contributed by atoms with van der Waals surface area (Å²) in [6.07, 6.45) is 6.49. The number of amides is 1. The van der Waals surface area contributed by atoms with E-state index in [1.165, 1.54) is 6.20 Å². The van der Waals surface area contributed by atoms with Crippen LogP contribution in [0.4, 0.5) is 23.1 Å². The first-order valence-corrected chi connectivity index (χ1v) is 9.98. The standard InChI is InChI=1S/C22H22N8O/c23-12-15-4-5-21(27-13-15)30-9-6-16(7-10-30)28-18-11-20(26-14-17(18)22(24)31)29-19-3-1-2-8-25-19/h1-5,8,11,13-14,16H,6-7,9-10H2,(H2,24,31)(H2,25,26,28,29). The van der Waals surface area contributed by atoms with Crippen LogP contribution in [0, 0.1) is 11.3 Å². The highest BCUT2D eigenvalue weighted by atomic mass is 16.1. The van der Waals surface area contributed by atoms with Crippen molar-refractivity contribution in [1.82, 2.24) is 15.0 Å². The number of piperidine rings is 1. The number of nitriles is 1. The van der Waals surface area contributed by atoms with Crippen molar-refractivity contribution in [3.05, 3.63) is 66.1 Å². The SMILES string of the molecule is N#Cc1ccc(N2CCC(Nc3cc(Nc4ccccn4)ncc3C(N)=O)CC2)nc1. The van der Waals surface area contributed by atoms with Crippen LogP contribution < -0.4 is 21.3 Å². The zero-order chi connectivity index (χ0) is 21.6. The molecular formula is C22H22N8O. The molecule has 3 aromatic rings. The number of rotatable bonds is 6. The smallest absolute Gasteiger partial charge is 0.252 e. The van der Waals surface area contributed by atoms with Gasteiger partial charge in [0, 0.05) is 43.8 Å². The second-order valence-corrected chi connectivity index (χ2v) is 7.24. The van der Waals surface area contributed by atoms with Crippen LogP contribution in [0.25, 0.3) is 0 Å². The number of nitrogens with two attached hydrogens (primary N) is 1. The fraction of sp³-hybridized carbons (Fsp3) is 0.227. The van der Waals surface area contributed by atoms with Crippen LogP contribution in [0.3, 0.4) is 0 Å². The van der Waals surface area contributed by atoms with E-state index in [1.807, 2.05) is 24.3 Å². The molecule has 1 amide bonds. The van der Waals surface area contributed by atoms with Gasteiger partial charge in [0.25, 0.3) is 5.91 Å². The van der Waals surface area contributed by atoms with E-state index in [2.05, 4.69) is 36.6 Å². The molecule has 0 atom stereocenters. The molecule has 31 heavy (non-hydrogen) atoms. The van der Waals surface area contributed by atoms with Crippen molar-refractivity contribution in [3.8, 4) is 6.07 Å². The van der Waals surface area contributed by atoms with Crippen molar-refractivity contribution in [1.29, 1.82) is 5.26 Å². The van der Waals surface area contributed by atoms with Gasteiger partial charge in [0.05, 0.1) is 16.8 Å². The average Bonchev–Trinajstić information content (AvgIpc) is 2.80. The zero-order valence-corrected chi connectivity index (χ0v) is 16.8. The number of anilines is 4. The number of nitrogens with one attached hydrogen (secondary N) is 2. The second kappa shape index (κ2) is 9.09. The molecule has 1 aliphatic rings. The number of primary amides is 1. The van der Waals surface area contributed by atoms with E-state index in [9.17, 15) is 4.79 Å². The number of pyridine rings is 3. The van der Waals surface area contributed by atoms with E-state index in [1.54, 1.807) is 24.5 Å². The average molecular weight is 414 g/mol. The molecule has 1 aliphatic heterocycles. The van der Waals surface area contributed by atoms with Gasteiger partial charge >= 0.3 is 0 Å². The quantitative estimate of drug-likeness (QED) is 0.561. The summed E-state index contributed by atoms with van der Waals surface area (Å²) in [6, 6.07) is 13.2. The molecule has 0 spiro atoms. The van der Waals surface area contributed by atoms with Gasteiger partial charge in [-0.1, -0.05) is 6.07 Å². The molecular weight excluding hydrogens is 392 g/mol. The maximum Gasteiger partial charge on any atom is 0.252 e. The first kappa shape index (κ1) is 20.1. The van der Waals surface area contributed by atoms with E-state index < -0.39 is 5.91 Å². The summed E-state index contributed by atoms with van der Waals surface area (Å²) >= 11 is 0. The Hall–Kier alpha value is -4.19. The Morgan fingerprint density at radius 2 is 1.94 bits per heavy atom. The lowest BCUT2D eigenvalue weighted by molar-refractivity contribution is 0.100. The van der Waals surface area contributed by atoms with Gasteiger partial charge in [-0.15, -0.1) is 0 Å². The summed E-state index contributed by atoms with van der Waals surface area (Å²) in [4.78, 5) is 27.0. The van der Waals surface area contributed by atoms with Crippen LogP contribution >= 0.6 is 0 Å². The van der Waals surface area contributed by atoms with Crippen LogP contribution in [0.2, 0.25) is 0 Å². The van der Waals surface area contributed by atoms with Gasteiger partial charge < -0.3 is 21.3 Å². The Bertz CT molecular complexity index is 1090. The minimum Gasteiger partial charge on any atom is -0.381 e. The molecule has 1 fully saturated rings. The zero-order valence-electron chi connectivity index (χ0n) is 16.8. The number of hydrogen-bond donors (Lipinski definition) is 3. The highest BCUT2D eigenvalue weighted by Gasteiger charge is 2.22. The summed E-state index contributed by atoms with van der Waals surface area (Å²) in [7, 11) is 0. The van der Waals surface area contributed by atoms with Gasteiger partial charge in [0.2, 0.25) is 0 Å². The molecule has 0 unspecified atom stereocenters. The first-order chi connectivity index (χ1) is 15.1. The van der Waals surface area contributed by atoms with Gasteiger partial charge in [-0.25, -0.2) is 15.0 Å². The van der Waals surface area contributed by atoms with Crippen LogP contribution in [-0.4, -0.2) is 40.0 Å². The lowest BCUT2D eigenvalue weighted by atomic mass is 10.0. The van der Waals surface area contributed by atoms with Crippen molar-refractivity contribution < 1.29 is 4.79 Å². The lowest BCUT2D eigenvalue weighted by Gasteiger charge is -2.34. The molecule has 9 nitrogen and oxygen atoms in total. The molecule has 4 rings (SSSR count). The van der Waals surface area contributed by atoms with Gasteiger partial charge in [-0.05, 0) is 37.1 Å². The Morgan fingerprint density at radius 3 is 2.58 bits per heavy atom. The predicted molar refractivity (Wildman–Crippen MR) is 118 cm³/mol. The number of carbonyl (C=O) groups excluding carboxylic acids is 1. The van der Waals surface area contributed by atoms with E-state index in [0.29, 0.717) is 28.5 Å². The Morgan fingerprint density at radius 1 is 1.10 bits per heavy atom. The summed E-state index contributed by atoms with van der Waals surface area (Å²) in [6.45, 7) is 1.62. The molecule has 9 heteroatoms. The maximum atomic E-state index is 11.9. The molecule has 4 N–H and O–H groups in total. The second-order valence-electron chi connectivity index (χ2n) is 7.24. The maximum absolute atomic E-state index is 11.9. The number of nitrogens with zero attached hydrogens (tertiary/aromatic N) is 5. The van der Waals surface area contributed by atoms with Gasteiger partial charge in [-0.3, -0.25) is 4.79 Å². The van der Waals surface area contributed by atoms with Crippen molar-refractivity contribution >= 4 is 29.0 Å². The Labute approximate surface area is 180 Å². The molecule has 1 saturated heterocycles. The first-order valence-electron chi connectivity index (χ1n) is 9.98.